The second kappa shape index (κ2) is 11.9. The van der Waals surface area contributed by atoms with Crippen LogP contribution in [-0.2, 0) is 0 Å². The molecule has 0 fully saturated rings. The van der Waals surface area contributed by atoms with E-state index >= 15 is 0 Å². The average Bonchev–Trinajstić information content (AvgIpc) is 2.66. The van der Waals surface area contributed by atoms with Gasteiger partial charge in [-0.1, -0.05) is 63.3 Å². The lowest BCUT2D eigenvalue weighted by molar-refractivity contribution is 0.0945. The molecule has 2 aromatic rings. The molecule has 0 bridgehead atoms. The maximum atomic E-state index is 12.0. The van der Waals surface area contributed by atoms with Gasteiger partial charge in [0.05, 0.1) is 0 Å². The number of nitrogens with one attached hydrogen (secondary N) is 2. The van der Waals surface area contributed by atoms with Gasteiger partial charge in [-0.25, -0.2) is 0 Å². The highest BCUT2D eigenvalue weighted by Crippen LogP contribution is 2.12. The summed E-state index contributed by atoms with van der Waals surface area (Å²) in [6.07, 6.45) is 5.16. The van der Waals surface area contributed by atoms with Crippen molar-refractivity contribution in [2.45, 2.75) is 32.1 Å². The van der Waals surface area contributed by atoms with Gasteiger partial charge in [-0.05, 0) is 49.2 Å². The van der Waals surface area contributed by atoms with Crippen molar-refractivity contribution in [1.29, 1.82) is 0 Å². The number of carbonyl (C=O) groups excluding carboxylic acids is 2. The minimum atomic E-state index is -0.0356. The summed E-state index contributed by atoms with van der Waals surface area (Å²) in [5.74, 6) is -0.0712. The number of amides is 2. The molecule has 0 unspecified atom stereocenters. The summed E-state index contributed by atoms with van der Waals surface area (Å²) in [5, 5.41) is 5.89. The molecule has 4 nitrogen and oxygen atoms in total. The highest BCUT2D eigenvalue weighted by Gasteiger charge is 2.05. The van der Waals surface area contributed by atoms with Crippen molar-refractivity contribution >= 4 is 43.7 Å². The van der Waals surface area contributed by atoms with Crippen LogP contribution in [0.15, 0.2) is 57.5 Å². The first-order chi connectivity index (χ1) is 13.1. The van der Waals surface area contributed by atoms with E-state index in [1.54, 1.807) is 0 Å². The largest absolute Gasteiger partial charge is 0.352 e. The summed E-state index contributed by atoms with van der Waals surface area (Å²) in [6.45, 7) is 1.37. The molecule has 0 aromatic heterocycles. The summed E-state index contributed by atoms with van der Waals surface area (Å²) in [4.78, 5) is 24.0. The van der Waals surface area contributed by atoms with E-state index in [1.807, 2.05) is 48.5 Å². The van der Waals surface area contributed by atoms with Crippen LogP contribution in [0.1, 0.15) is 52.8 Å². The van der Waals surface area contributed by atoms with Crippen LogP contribution in [0, 0.1) is 0 Å². The summed E-state index contributed by atoms with van der Waals surface area (Å²) in [6, 6.07) is 14.8. The van der Waals surface area contributed by atoms with Crippen molar-refractivity contribution in [1.82, 2.24) is 10.6 Å². The van der Waals surface area contributed by atoms with Crippen LogP contribution in [0.25, 0.3) is 0 Å². The molecule has 0 spiro atoms. The zero-order valence-corrected chi connectivity index (χ0v) is 18.3. The molecule has 0 saturated carbocycles. The van der Waals surface area contributed by atoms with E-state index in [0.29, 0.717) is 24.2 Å². The van der Waals surface area contributed by atoms with Crippen molar-refractivity contribution in [3.05, 3.63) is 68.6 Å². The smallest absolute Gasteiger partial charge is 0.251 e. The molecular weight excluding hydrogens is 472 g/mol. The third-order valence-corrected chi connectivity index (χ3v) is 5.08. The fraction of sp³-hybridized carbons (Fsp3) is 0.333. The van der Waals surface area contributed by atoms with Crippen LogP contribution in [0.4, 0.5) is 0 Å². The van der Waals surface area contributed by atoms with Gasteiger partial charge in [0.1, 0.15) is 0 Å². The number of hydrogen-bond acceptors (Lipinski definition) is 2. The topological polar surface area (TPSA) is 58.2 Å². The zero-order chi connectivity index (χ0) is 19.5. The van der Waals surface area contributed by atoms with Crippen molar-refractivity contribution in [2.75, 3.05) is 13.1 Å². The van der Waals surface area contributed by atoms with E-state index in [0.717, 1.165) is 41.0 Å². The molecule has 2 aromatic carbocycles. The van der Waals surface area contributed by atoms with Gasteiger partial charge in [0.25, 0.3) is 11.8 Å². The van der Waals surface area contributed by atoms with Gasteiger partial charge >= 0.3 is 0 Å². The highest BCUT2D eigenvalue weighted by atomic mass is 79.9. The lowest BCUT2D eigenvalue weighted by atomic mass is 10.1. The third kappa shape index (κ3) is 8.26. The van der Waals surface area contributed by atoms with Crippen LogP contribution in [0.5, 0.6) is 0 Å². The molecule has 0 saturated heterocycles. The molecule has 2 amide bonds. The first kappa shape index (κ1) is 21.6. The monoisotopic (exact) mass is 494 g/mol. The van der Waals surface area contributed by atoms with E-state index in [4.69, 9.17) is 0 Å². The van der Waals surface area contributed by atoms with E-state index in [1.165, 1.54) is 0 Å². The van der Waals surface area contributed by atoms with Crippen LogP contribution in [0.2, 0.25) is 0 Å². The third-order valence-electron chi connectivity index (χ3n) is 4.10. The number of carbonyl (C=O) groups is 2. The first-order valence-corrected chi connectivity index (χ1v) is 10.7. The number of halogens is 2. The number of rotatable bonds is 10. The number of hydrogen-bond donors (Lipinski definition) is 2. The Kier molecular flexibility index (Phi) is 9.56. The molecule has 6 heteroatoms. The van der Waals surface area contributed by atoms with Gasteiger partial charge in [0.2, 0.25) is 0 Å². The summed E-state index contributed by atoms with van der Waals surface area (Å²) < 4.78 is 1.81. The van der Waals surface area contributed by atoms with Crippen LogP contribution < -0.4 is 10.6 Å². The van der Waals surface area contributed by atoms with Gasteiger partial charge in [-0.3, -0.25) is 9.59 Å². The van der Waals surface area contributed by atoms with Crippen molar-refractivity contribution < 1.29 is 9.59 Å². The predicted molar refractivity (Wildman–Crippen MR) is 116 cm³/mol. The molecule has 27 heavy (non-hydrogen) atoms. The Morgan fingerprint density at radius 1 is 0.667 bits per heavy atom. The van der Waals surface area contributed by atoms with Crippen LogP contribution in [0.3, 0.4) is 0 Å². The Bertz CT molecular complexity index is 702. The Labute approximate surface area is 177 Å². The molecule has 0 heterocycles. The molecule has 0 radical (unpaired) electrons. The Balaban J connectivity index is 1.49. The van der Waals surface area contributed by atoms with Crippen molar-refractivity contribution in [3.8, 4) is 0 Å². The van der Waals surface area contributed by atoms with Crippen LogP contribution in [-0.4, -0.2) is 24.9 Å². The fourth-order valence-corrected chi connectivity index (χ4v) is 3.45. The zero-order valence-electron chi connectivity index (χ0n) is 15.1. The number of benzene rings is 2. The first-order valence-electron chi connectivity index (χ1n) is 9.14. The minimum Gasteiger partial charge on any atom is -0.352 e. The molecular formula is C21H24Br2N2O2. The van der Waals surface area contributed by atoms with E-state index in [2.05, 4.69) is 42.5 Å². The predicted octanol–water partition coefficient (Wildman–Crippen LogP) is 5.32. The maximum absolute atomic E-state index is 12.0. The van der Waals surface area contributed by atoms with Crippen molar-refractivity contribution in [3.63, 3.8) is 0 Å². The number of unbranched alkanes of at least 4 members (excludes halogenated alkanes) is 4. The normalized spacial score (nSPS) is 10.4. The fourth-order valence-electron chi connectivity index (χ4n) is 2.65. The quantitative estimate of drug-likeness (QED) is 0.438. The average molecular weight is 496 g/mol. The van der Waals surface area contributed by atoms with Gasteiger partial charge in [-0.2, -0.15) is 0 Å². The van der Waals surface area contributed by atoms with E-state index in [9.17, 15) is 9.59 Å². The van der Waals surface area contributed by atoms with Gasteiger partial charge in [0, 0.05) is 33.2 Å². The minimum absolute atomic E-state index is 0.0356. The molecule has 144 valence electrons. The SMILES string of the molecule is O=C(NCCCCCCCNC(=O)c1cccc(Br)c1)c1cccc(Br)c1. The van der Waals surface area contributed by atoms with Crippen LogP contribution >= 0.6 is 31.9 Å². The summed E-state index contributed by atoms with van der Waals surface area (Å²) in [7, 11) is 0. The standard InChI is InChI=1S/C21H24Br2N2O2/c22-18-10-6-8-16(14-18)20(26)24-12-4-2-1-3-5-13-25-21(27)17-9-7-11-19(23)15-17/h6-11,14-15H,1-5,12-13H2,(H,24,26)(H,25,27). The Morgan fingerprint density at radius 2 is 1.07 bits per heavy atom. The molecule has 0 aliphatic heterocycles. The van der Waals surface area contributed by atoms with Gasteiger partial charge in [0.15, 0.2) is 0 Å². The second-order valence-corrected chi connectivity index (χ2v) is 8.13. The van der Waals surface area contributed by atoms with Crippen molar-refractivity contribution in [2.24, 2.45) is 0 Å². The molecule has 0 aliphatic rings. The Morgan fingerprint density at radius 3 is 1.48 bits per heavy atom. The molecule has 2 N–H and O–H groups in total. The highest BCUT2D eigenvalue weighted by molar-refractivity contribution is 9.10. The molecule has 2 rings (SSSR count). The lowest BCUT2D eigenvalue weighted by Crippen LogP contribution is -2.24. The summed E-state index contributed by atoms with van der Waals surface area (Å²) >= 11 is 6.74. The summed E-state index contributed by atoms with van der Waals surface area (Å²) in [5.41, 5.74) is 1.34. The second-order valence-electron chi connectivity index (χ2n) is 6.30. The lowest BCUT2D eigenvalue weighted by Gasteiger charge is -2.07. The Hall–Kier alpha value is -1.66. The molecule has 0 aliphatic carbocycles. The maximum Gasteiger partial charge on any atom is 0.251 e. The van der Waals surface area contributed by atoms with E-state index < -0.39 is 0 Å². The van der Waals surface area contributed by atoms with Gasteiger partial charge in [-0.15, -0.1) is 0 Å². The van der Waals surface area contributed by atoms with E-state index in [-0.39, 0.29) is 11.8 Å². The van der Waals surface area contributed by atoms with Gasteiger partial charge < -0.3 is 10.6 Å². The molecule has 0 atom stereocenters.